The highest BCUT2D eigenvalue weighted by atomic mass is 16.4. The summed E-state index contributed by atoms with van der Waals surface area (Å²) in [6, 6.07) is -0.222. The number of carbonyl (C=O) groups is 1. The zero-order valence-corrected chi connectivity index (χ0v) is 6.74. The lowest BCUT2D eigenvalue weighted by molar-refractivity contribution is -0.0575. The number of nitrogens with zero attached hydrogens (tertiary/aromatic N) is 1. The van der Waals surface area contributed by atoms with Crippen LogP contribution in [0.15, 0.2) is 0 Å². The van der Waals surface area contributed by atoms with Gasteiger partial charge in [-0.05, 0) is 20.3 Å². The highest BCUT2D eigenvalue weighted by Gasteiger charge is 2.41. The van der Waals surface area contributed by atoms with Gasteiger partial charge in [0.25, 0.3) is 0 Å². The van der Waals surface area contributed by atoms with E-state index in [0.29, 0.717) is 6.54 Å². The molecule has 64 valence electrons. The summed E-state index contributed by atoms with van der Waals surface area (Å²) in [6.07, 6.45) is -0.182. The van der Waals surface area contributed by atoms with Crippen molar-refractivity contribution < 1.29 is 15.0 Å². The van der Waals surface area contributed by atoms with Crippen molar-refractivity contribution in [3.05, 3.63) is 0 Å². The molecule has 0 saturated carbocycles. The first-order chi connectivity index (χ1) is 4.93. The highest BCUT2D eigenvalue weighted by molar-refractivity contribution is 5.66. The molecule has 0 bridgehead atoms. The van der Waals surface area contributed by atoms with E-state index in [0.717, 1.165) is 6.42 Å². The lowest BCUT2D eigenvalue weighted by Crippen LogP contribution is -2.60. The van der Waals surface area contributed by atoms with Crippen molar-refractivity contribution in [3.63, 3.8) is 0 Å². The van der Waals surface area contributed by atoms with Crippen LogP contribution in [-0.4, -0.2) is 39.4 Å². The normalized spacial score (nSPS) is 24.6. The minimum absolute atomic E-state index is 0.222. The summed E-state index contributed by atoms with van der Waals surface area (Å²) in [6.45, 7) is 3.81. The van der Waals surface area contributed by atoms with Crippen LogP contribution in [0.4, 0.5) is 4.79 Å². The Balaban J connectivity index is 2.57. The van der Waals surface area contributed by atoms with Crippen molar-refractivity contribution in [3.8, 4) is 0 Å². The third kappa shape index (κ3) is 1.45. The molecule has 0 aliphatic carbocycles. The highest BCUT2D eigenvalue weighted by Crippen LogP contribution is 2.27. The van der Waals surface area contributed by atoms with Crippen LogP contribution in [0, 0.1) is 0 Å². The van der Waals surface area contributed by atoms with E-state index in [1.807, 2.05) is 0 Å². The molecule has 1 heterocycles. The minimum atomic E-state index is -0.941. The van der Waals surface area contributed by atoms with Crippen LogP contribution in [0.1, 0.15) is 20.3 Å². The van der Waals surface area contributed by atoms with Crippen LogP contribution in [0.25, 0.3) is 0 Å². The topological polar surface area (TPSA) is 60.8 Å². The van der Waals surface area contributed by atoms with Gasteiger partial charge >= 0.3 is 6.09 Å². The third-order valence-electron chi connectivity index (χ3n) is 2.08. The van der Waals surface area contributed by atoms with Gasteiger partial charge in [0.2, 0.25) is 0 Å². The van der Waals surface area contributed by atoms with Gasteiger partial charge < -0.3 is 15.1 Å². The molecule has 1 atom stereocenters. The maximum absolute atomic E-state index is 10.5. The molecule has 1 aliphatic heterocycles. The predicted molar refractivity (Wildman–Crippen MR) is 39.4 cm³/mol. The Labute approximate surface area is 65.4 Å². The Kier molecular flexibility index (Phi) is 1.80. The molecule has 2 N–H and O–H groups in total. The SMILES string of the molecule is CC(C)(O)C1CCN1C(=O)O. The molecule has 1 aliphatic rings. The molecule has 0 aromatic carbocycles. The fourth-order valence-corrected chi connectivity index (χ4v) is 1.35. The first-order valence-electron chi connectivity index (χ1n) is 3.65. The average molecular weight is 159 g/mol. The summed E-state index contributed by atoms with van der Waals surface area (Å²) in [5.41, 5.74) is -0.906. The number of aliphatic hydroxyl groups is 1. The number of hydrogen-bond donors (Lipinski definition) is 2. The molecule has 1 unspecified atom stereocenters. The molecule has 4 nitrogen and oxygen atoms in total. The molecule has 1 saturated heterocycles. The van der Waals surface area contributed by atoms with Gasteiger partial charge in [-0.2, -0.15) is 0 Å². The first kappa shape index (κ1) is 8.33. The number of likely N-dealkylation sites (tertiary alicyclic amines) is 1. The molecule has 4 heteroatoms. The molecule has 0 aromatic heterocycles. The van der Waals surface area contributed by atoms with Crippen LogP contribution in [0.5, 0.6) is 0 Å². The van der Waals surface area contributed by atoms with E-state index in [-0.39, 0.29) is 6.04 Å². The molecule has 1 amide bonds. The van der Waals surface area contributed by atoms with Crippen LogP contribution in [0.2, 0.25) is 0 Å². The fraction of sp³-hybridized carbons (Fsp3) is 0.857. The number of amides is 1. The molecule has 0 radical (unpaired) electrons. The van der Waals surface area contributed by atoms with E-state index in [1.54, 1.807) is 13.8 Å². The van der Waals surface area contributed by atoms with E-state index in [9.17, 15) is 9.90 Å². The zero-order valence-electron chi connectivity index (χ0n) is 6.74. The van der Waals surface area contributed by atoms with Gasteiger partial charge in [-0.15, -0.1) is 0 Å². The van der Waals surface area contributed by atoms with E-state index in [4.69, 9.17) is 5.11 Å². The lowest BCUT2D eigenvalue weighted by atomic mass is 9.88. The summed E-state index contributed by atoms with van der Waals surface area (Å²) >= 11 is 0. The summed E-state index contributed by atoms with van der Waals surface area (Å²) in [7, 11) is 0. The molecule has 0 spiro atoms. The molecule has 1 fully saturated rings. The number of rotatable bonds is 1. The third-order valence-corrected chi connectivity index (χ3v) is 2.08. The van der Waals surface area contributed by atoms with E-state index in [1.165, 1.54) is 4.90 Å². The minimum Gasteiger partial charge on any atom is -0.465 e. The smallest absolute Gasteiger partial charge is 0.407 e. The number of hydrogen-bond acceptors (Lipinski definition) is 2. The molecule has 1 rings (SSSR count). The summed E-state index contributed by atoms with van der Waals surface area (Å²) < 4.78 is 0. The van der Waals surface area contributed by atoms with E-state index in [2.05, 4.69) is 0 Å². The van der Waals surface area contributed by atoms with Crippen LogP contribution in [-0.2, 0) is 0 Å². The average Bonchev–Trinajstić information content (AvgIpc) is 1.51. The molecule has 11 heavy (non-hydrogen) atoms. The van der Waals surface area contributed by atoms with Crippen molar-refractivity contribution in [2.24, 2.45) is 0 Å². The van der Waals surface area contributed by atoms with Gasteiger partial charge in [-0.3, -0.25) is 0 Å². The van der Waals surface area contributed by atoms with Crippen LogP contribution >= 0.6 is 0 Å². The lowest BCUT2D eigenvalue weighted by Gasteiger charge is -2.45. The summed E-state index contributed by atoms with van der Waals surface area (Å²) in [5, 5.41) is 18.0. The van der Waals surface area contributed by atoms with E-state index < -0.39 is 11.7 Å². The standard InChI is InChI=1S/C7H13NO3/c1-7(2,11)5-3-4-8(5)6(9)10/h5,11H,3-4H2,1-2H3,(H,9,10). The Morgan fingerprint density at radius 3 is 2.27 bits per heavy atom. The second-order valence-electron chi connectivity index (χ2n) is 3.43. The quantitative estimate of drug-likeness (QED) is 0.586. The first-order valence-corrected chi connectivity index (χ1v) is 3.65. The van der Waals surface area contributed by atoms with Gasteiger partial charge in [0.15, 0.2) is 0 Å². The van der Waals surface area contributed by atoms with Crippen molar-refractivity contribution in [1.82, 2.24) is 4.90 Å². The van der Waals surface area contributed by atoms with Gasteiger partial charge in [-0.25, -0.2) is 4.79 Å². The Hall–Kier alpha value is -0.770. The molecular weight excluding hydrogens is 146 g/mol. The molecular formula is C7H13NO3. The Bertz CT molecular complexity index is 173. The monoisotopic (exact) mass is 159 g/mol. The Morgan fingerprint density at radius 2 is 2.18 bits per heavy atom. The zero-order chi connectivity index (χ0) is 8.65. The van der Waals surface area contributed by atoms with Crippen molar-refractivity contribution >= 4 is 6.09 Å². The van der Waals surface area contributed by atoms with Gasteiger partial charge in [0.1, 0.15) is 0 Å². The summed E-state index contributed by atoms with van der Waals surface area (Å²) in [4.78, 5) is 11.7. The molecule has 0 aromatic rings. The van der Waals surface area contributed by atoms with Crippen LogP contribution in [0.3, 0.4) is 0 Å². The van der Waals surface area contributed by atoms with Crippen molar-refractivity contribution in [2.45, 2.75) is 31.9 Å². The maximum Gasteiger partial charge on any atom is 0.407 e. The second kappa shape index (κ2) is 2.37. The second-order valence-corrected chi connectivity index (χ2v) is 3.43. The van der Waals surface area contributed by atoms with Gasteiger partial charge in [0.05, 0.1) is 11.6 Å². The summed E-state index contributed by atoms with van der Waals surface area (Å²) in [5.74, 6) is 0. The van der Waals surface area contributed by atoms with Crippen LogP contribution < -0.4 is 0 Å². The maximum atomic E-state index is 10.5. The fourth-order valence-electron chi connectivity index (χ4n) is 1.35. The Morgan fingerprint density at radius 1 is 1.64 bits per heavy atom. The number of carboxylic acid groups (broad SMARTS) is 1. The van der Waals surface area contributed by atoms with E-state index >= 15 is 0 Å². The van der Waals surface area contributed by atoms with Crippen molar-refractivity contribution in [1.29, 1.82) is 0 Å². The predicted octanol–water partition coefficient (Wildman–Crippen LogP) is 0.510. The largest absolute Gasteiger partial charge is 0.465 e. The van der Waals surface area contributed by atoms with Crippen molar-refractivity contribution in [2.75, 3.05) is 6.54 Å². The van der Waals surface area contributed by atoms with Gasteiger partial charge in [-0.1, -0.05) is 0 Å². The van der Waals surface area contributed by atoms with Gasteiger partial charge in [0, 0.05) is 6.54 Å².